The summed E-state index contributed by atoms with van der Waals surface area (Å²) in [5.41, 5.74) is 0.685. The van der Waals surface area contributed by atoms with Gasteiger partial charge in [0.05, 0.1) is 4.90 Å². The van der Waals surface area contributed by atoms with Crippen LogP contribution in [0.25, 0.3) is 6.08 Å². The minimum atomic E-state index is -4.13. The van der Waals surface area contributed by atoms with Crippen LogP contribution in [-0.4, -0.2) is 19.3 Å². The molecule has 0 heterocycles. The second-order valence-electron chi connectivity index (χ2n) is 2.54. The van der Waals surface area contributed by atoms with E-state index in [4.69, 9.17) is 4.55 Å². The maximum atomic E-state index is 10.6. The first-order valence-corrected chi connectivity index (χ1v) is 5.17. The van der Waals surface area contributed by atoms with E-state index in [1.54, 1.807) is 0 Å². The van der Waals surface area contributed by atoms with Crippen LogP contribution in [0.5, 0.6) is 0 Å². The van der Waals surface area contributed by atoms with Gasteiger partial charge >= 0.3 is 0 Å². The fourth-order valence-electron chi connectivity index (χ4n) is 0.901. The Morgan fingerprint density at radius 3 is 2.14 bits per heavy atom. The minimum absolute atomic E-state index is 0.166. The van der Waals surface area contributed by atoms with Gasteiger partial charge in [0.1, 0.15) is 6.29 Å². The number of rotatable bonds is 3. The molecule has 0 aliphatic heterocycles. The highest BCUT2D eigenvalue weighted by molar-refractivity contribution is 7.85. The number of hydrogen-bond donors (Lipinski definition) is 1. The highest BCUT2D eigenvalue weighted by atomic mass is 32.2. The monoisotopic (exact) mass is 212 g/mol. The molecule has 1 aromatic rings. The molecule has 1 rings (SSSR count). The molecule has 0 spiro atoms. The predicted octanol–water partition coefficient (Wildman–Crippen LogP) is 1.15. The summed E-state index contributed by atoms with van der Waals surface area (Å²) >= 11 is 0. The second-order valence-corrected chi connectivity index (χ2v) is 3.96. The molecule has 0 saturated carbocycles. The van der Waals surface area contributed by atoms with E-state index in [-0.39, 0.29) is 4.90 Å². The van der Waals surface area contributed by atoms with Crippen molar-refractivity contribution < 1.29 is 17.8 Å². The first-order valence-electron chi connectivity index (χ1n) is 3.73. The Hall–Kier alpha value is -1.46. The average molecular weight is 212 g/mol. The summed E-state index contributed by atoms with van der Waals surface area (Å²) in [7, 11) is -4.13. The molecule has 0 amide bonds. The molecule has 0 saturated heterocycles. The van der Waals surface area contributed by atoms with Crippen molar-refractivity contribution in [2.24, 2.45) is 0 Å². The first kappa shape index (κ1) is 10.6. The quantitative estimate of drug-likeness (QED) is 0.463. The Morgan fingerprint density at radius 2 is 1.71 bits per heavy atom. The van der Waals surface area contributed by atoms with E-state index in [1.807, 2.05) is 0 Å². The Bertz CT molecular complexity index is 442. The minimum Gasteiger partial charge on any atom is -0.299 e. The first-order chi connectivity index (χ1) is 6.54. The summed E-state index contributed by atoms with van der Waals surface area (Å²) in [6, 6.07) is 5.51. The molecule has 0 radical (unpaired) electrons. The Kier molecular flexibility index (Phi) is 3.16. The largest absolute Gasteiger partial charge is 0.299 e. The summed E-state index contributed by atoms with van der Waals surface area (Å²) in [4.78, 5) is 9.82. The molecule has 5 heteroatoms. The van der Waals surface area contributed by atoms with Crippen molar-refractivity contribution in [3.63, 3.8) is 0 Å². The van der Waals surface area contributed by atoms with Crippen LogP contribution >= 0.6 is 0 Å². The molecule has 14 heavy (non-hydrogen) atoms. The average Bonchev–Trinajstić information content (AvgIpc) is 2.14. The zero-order chi connectivity index (χ0) is 10.6. The number of carbonyl (C=O) groups is 1. The molecule has 0 bridgehead atoms. The van der Waals surface area contributed by atoms with Crippen LogP contribution in [0.2, 0.25) is 0 Å². The van der Waals surface area contributed by atoms with Gasteiger partial charge in [0.15, 0.2) is 0 Å². The molecule has 0 atom stereocenters. The van der Waals surface area contributed by atoms with Gasteiger partial charge in [-0.2, -0.15) is 8.42 Å². The van der Waals surface area contributed by atoms with Gasteiger partial charge in [-0.05, 0) is 23.8 Å². The highest BCUT2D eigenvalue weighted by Crippen LogP contribution is 2.10. The lowest BCUT2D eigenvalue weighted by Gasteiger charge is -1.96. The van der Waals surface area contributed by atoms with Gasteiger partial charge in [-0.15, -0.1) is 0 Å². The van der Waals surface area contributed by atoms with Crippen molar-refractivity contribution in [2.45, 2.75) is 4.90 Å². The third-order valence-corrected chi connectivity index (χ3v) is 2.41. The fraction of sp³-hybridized carbons (Fsp3) is 0. The molecule has 0 aromatic heterocycles. The lowest BCUT2D eigenvalue weighted by atomic mass is 10.2. The van der Waals surface area contributed by atoms with Crippen LogP contribution in [0, 0.1) is 0 Å². The molecular formula is C9H8O4S. The van der Waals surface area contributed by atoms with Crippen molar-refractivity contribution in [2.75, 3.05) is 0 Å². The lowest BCUT2D eigenvalue weighted by Crippen LogP contribution is -1.97. The van der Waals surface area contributed by atoms with Gasteiger partial charge in [-0.1, -0.05) is 18.2 Å². The van der Waals surface area contributed by atoms with Crippen LogP contribution in [0.15, 0.2) is 35.2 Å². The summed E-state index contributed by atoms with van der Waals surface area (Å²) in [6.07, 6.45) is 3.44. The second kappa shape index (κ2) is 4.17. The van der Waals surface area contributed by atoms with E-state index in [2.05, 4.69) is 0 Å². The smallest absolute Gasteiger partial charge is 0.294 e. The van der Waals surface area contributed by atoms with E-state index in [0.717, 1.165) is 0 Å². The van der Waals surface area contributed by atoms with Crippen molar-refractivity contribution in [1.29, 1.82) is 0 Å². The summed E-state index contributed by atoms with van der Waals surface area (Å²) in [5, 5.41) is 0. The summed E-state index contributed by atoms with van der Waals surface area (Å²) in [6.45, 7) is 0. The van der Waals surface area contributed by atoms with E-state index in [0.29, 0.717) is 11.8 Å². The third-order valence-electron chi connectivity index (χ3n) is 1.55. The van der Waals surface area contributed by atoms with Crippen LogP contribution in [-0.2, 0) is 14.9 Å². The van der Waals surface area contributed by atoms with Crippen LogP contribution in [0.3, 0.4) is 0 Å². The maximum absolute atomic E-state index is 10.6. The lowest BCUT2D eigenvalue weighted by molar-refractivity contribution is -0.104. The summed E-state index contributed by atoms with van der Waals surface area (Å²) in [5.74, 6) is 0. The standard InChI is InChI=1S/C9H8O4S/c10-7-1-2-8-3-5-9(6-4-8)14(11,12)13/h1-7H,(H,11,12,13)/b2-1+. The van der Waals surface area contributed by atoms with Crippen molar-refractivity contribution in [3.8, 4) is 0 Å². The molecule has 1 N–H and O–H groups in total. The molecular weight excluding hydrogens is 204 g/mol. The third kappa shape index (κ3) is 2.79. The van der Waals surface area contributed by atoms with Gasteiger partial charge in [0.2, 0.25) is 0 Å². The fourth-order valence-corrected chi connectivity index (χ4v) is 1.38. The van der Waals surface area contributed by atoms with Crippen molar-refractivity contribution >= 4 is 22.5 Å². The van der Waals surface area contributed by atoms with Gasteiger partial charge in [-0.3, -0.25) is 9.35 Å². The van der Waals surface area contributed by atoms with Gasteiger partial charge in [0.25, 0.3) is 10.1 Å². The predicted molar refractivity (Wildman–Crippen MR) is 51.4 cm³/mol. The molecule has 0 aliphatic rings. The molecule has 0 fully saturated rings. The number of aldehydes is 1. The molecule has 74 valence electrons. The maximum Gasteiger partial charge on any atom is 0.294 e. The van der Waals surface area contributed by atoms with Gasteiger partial charge in [0, 0.05) is 0 Å². The number of hydrogen-bond acceptors (Lipinski definition) is 3. The van der Waals surface area contributed by atoms with Crippen LogP contribution in [0.4, 0.5) is 0 Å². The van der Waals surface area contributed by atoms with E-state index >= 15 is 0 Å². The molecule has 1 aromatic carbocycles. The number of carbonyl (C=O) groups excluding carboxylic acids is 1. The zero-order valence-corrected chi connectivity index (χ0v) is 7.94. The molecule has 0 aliphatic carbocycles. The van der Waals surface area contributed by atoms with Crippen molar-refractivity contribution in [3.05, 3.63) is 35.9 Å². The van der Waals surface area contributed by atoms with Crippen LogP contribution < -0.4 is 0 Å². The van der Waals surface area contributed by atoms with Crippen molar-refractivity contribution in [1.82, 2.24) is 0 Å². The Balaban J connectivity index is 3.01. The highest BCUT2D eigenvalue weighted by Gasteiger charge is 2.07. The van der Waals surface area contributed by atoms with E-state index < -0.39 is 10.1 Å². The summed E-state index contributed by atoms with van der Waals surface area (Å²) < 4.78 is 29.9. The Labute approximate surface area is 81.6 Å². The normalized spacial score (nSPS) is 11.8. The van der Waals surface area contributed by atoms with E-state index in [9.17, 15) is 13.2 Å². The van der Waals surface area contributed by atoms with E-state index in [1.165, 1.54) is 36.4 Å². The SMILES string of the molecule is O=C/C=C/c1ccc(S(=O)(=O)O)cc1. The zero-order valence-electron chi connectivity index (χ0n) is 7.12. The number of benzene rings is 1. The van der Waals surface area contributed by atoms with Crippen LogP contribution in [0.1, 0.15) is 5.56 Å². The number of allylic oxidation sites excluding steroid dienone is 1. The van der Waals surface area contributed by atoms with Gasteiger partial charge < -0.3 is 0 Å². The van der Waals surface area contributed by atoms with Gasteiger partial charge in [-0.25, -0.2) is 0 Å². The Morgan fingerprint density at radius 1 is 1.14 bits per heavy atom. The molecule has 4 nitrogen and oxygen atoms in total. The molecule has 0 unspecified atom stereocenters. The topological polar surface area (TPSA) is 71.4 Å².